The number of hydrogen-bond donors (Lipinski definition) is 1. The number of carbonyl (C=O) groups is 3. The van der Waals surface area contributed by atoms with Gasteiger partial charge in [0.1, 0.15) is 6.42 Å². The van der Waals surface area contributed by atoms with Crippen molar-refractivity contribution in [3.63, 3.8) is 0 Å². The van der Waals surface area contributed by atoms with Crippen LogP contribution in [-0.2, 0) is 19.1 Å². The van der Waals surface area contributed by atoms with Gasteiger partial charge in [-0.2, -0.15) is 0 Å². The first kappa shape index (κ1) is 19.0. The molecule has 20 heavy (non-hydrogen) atoms. The average molecular weight is 303 g/mol. The van der Waals surface area contributed by atoms with Gasteiger partial charge in [-0.15, -0.1) is 0 Å². The minimum Gasteiger partial charge on any atom is -0.463 e. The maximum Gasteiger partial charge on any atom is 0.314 e. The van der Waals surface area contributed by atoms with E-state index in [1.54, 1.807) is 13.8 Å². The lowest BCUT2D eigenvalue weighted by Gasteiger charge is -2.23. The summed E-state index contributed by atoms with van der Waals surface area (Å²) >= 11 is 1.06. The highest BCUT2D eigenvalue weighted by molar-refractivity contribution is 8.14. The van der Waals surface area contributed by atoms with Crippen molar-refractivity contribution in [3.05, 3.63) is 0 Å². The van der Waals surface area contributed by atoms with Crippen molar-refractivity contribution in [1.82, 2.24) is 5.32 Å². The number of amides is 1. The van der Waals surface area contributed by atoms with Gasteiger partial charge in [-0.3, -0.25) is 14.4 Å². The first-order valence-electron chi connectivity index (χ1n) is 6.72. The van der Waals surface area contributed by atoms with Gasteiger partial charge in [-0.25, -0.2) is 0 Å². The molecule has 0 aromatic rings. The lowest BCUT2D eigenvalue weighted by atomic mass is 10.1. The summed E-state index contributed by atoms with van der Waals surface area (Å²) in [7, 11) is 0. The van der Waals surface area contributed by atoms with E-state index in [2.05, 4.69) is 5.32 Å². The largest absolute Gasteiger partial charge is 0.463 e. The van der Waals surface area contributed by atoms with Gasteiger partial charge in [0.15, 0.2) is 0 Å². The molecule has 0 aliphatic carbocycles. The highest BCUT2D eigenvalue weighted by Crippen LogP contribution is 2.25. The van der Waals surface area contributed by atoms with E-state index in [9.17, 15) is 14.4 Å². The van der Waals surface area contributed by atoms with Crippen molar-refractivity contribution in [1.29, 1.82) is 0 Å². The number of thioether (sulfide) groups is 1. The van der Waals surface area contributed by atoms with E-state index in [1.165, 1.54) is 0 Å². The second-order valence-corrected chi connectivity index (χ2v) is 7.59. The fourth-order valence-corrected chi connectivity index (χ4v) is 2.26. The summed E-state index contributed by atoms with van der Waals surface area (Å²) in [6, 6.07) is 0. The molecule has 0 heterocycles. The zero-order chi connectivity index (χ0) is 15.9. The van der Waals surface area contributed by atoms with Crippen molar-refractivity contribution >= 4 is 28.8 Å². The second kappa shape index (κ2) is 8.29. The summed E-state index contributed by atoms with van der Waals surface area (Å²) in [5.41, 5.74) is 0. The van der Waals surface area contributed by atoms with Crippen LogP contribution in [0.3, 0.4) is 0 Å². The third kappa shape index (κ3) is 8.96. The van der Waals surface area contributed by atoms with Gasteiger partial charge in [0.05, 0.1) is 6.10 Å². The van der Waals surface area contributed by atoms with Gasteiger partial charge in [-0.1, -0.05) is 25.6 Å². The van der Waals surface area contributed by atoms with Crippen LogP contribution in [0, 0.1) is 5.92 Å². The lowest BCUT2D eigenvalue weighted by molar-refractivity contribution is -0.148. The van der Waals surface area contributed by atoms with Gasteiger partial charge in [0.25, 0.3) is 0 Å². The highest BCUT2D eigenvalue weighted by atomic mass is 32.2. The molecular weight excluding hydrogens is 278 g/mol. The highest BCUT2D eigenvalue weighted by Gasteiger charge is 2.25. The third-order valence-electron chi connectivity index (χ3n) is 2.26. The van der Waals surface area contributed by atoms with Crippen LogP contribution < -0.4 is 5.32 Å². The van der Waals surface area contributed by atoms with E-state index in [0.717, 1.165) is 11.8 Å². The molecule has 116 valence electrons. The molecule has 0 aliphatic rings. The van der Waals surface area contributed by atoms with E-state index in [-0.39, 0.29) is 29.5 Å². The Hall–Kier alpha value is -1.04. The lowest BCUT2D eigenvalue weighted by Crippen LogP contribution is -2.39. The summed E-state index contributed by atoms with van der Waals surface area (Å²) in [6.45, 7) is 11.2. The van der Waals surface area contributed by atoms with Gasteiger partial charge in [0.2, 0.25) is 11.0 Å². The Labute approximate surface area is 125 Å². The number of ether oxygens (including phenoxy) is 1. The first-order valence-corrected chi connectivity index (χ1v) is 7.54. The summed E-state index contributed by atoms with van der Waals surface area (Å²) in [6.07, 6.45) is -0.469. The Morgan fingerprint density at radius 2 is 1.70 bits per heavy atom. The summed E-state index contributed by atoms with van der Waals surface area (Å²) < 4.78 is 4.46. The van der Waals surface area contributed by atoms with Crippen LogP contribution >= 0.6 is 11.8 Å². The van der Waals surface area contributed by atoms with Crippen LogP contribution in [0.4, 0.5) is 0 Å². The summed E-state index contributed by atoms with van der Waals surface area (Å²) in [5.74, 6) is -0.655. The number of nitrogens with one attached hydrogen (secondary N) is 1. The number of hydrogen-bond acceptors (Lipinski definition) is 5. The van der Waals surface area contributed by atoms with Crippen molar-refractivity contribution in [2.45, 2.75) is 58.8 Å². The molecule has 0 saturated heterocycles. The predicted molar refractivity (Wildman–Crippen MR) is 80.4 cm³/mol. The van der Waals surface area contributed by atoms with E-state index >= 15 is 0 Å². The van der Waals surface area contributed by atoms with Gasteiger partial charge in [0, 0.05) is 17.2 Å². The summed E-state index contributed by atoms with van der Waals surface area (Å²) in [5, 5.41) is 2.53. The molecule has 0 fully saturated rings. The van der Waals surface area contributed by atoms with Crippen LogP contribution in [0.2, 0.25) is 0 Å². The zero-order valence-electron chi connectivity index (χ0n) is 13.1. The molecule has 0 rings (SSSR count). The van der Waals surface area contributed by atoms with Crippen LogP contribution in [0.5, 0.6) is 0 Å². The predicted octanol–water partition coefficient (Wildman–Crippen LogP) is 2.14. The Balaban J connectivity index is 4.21. The molecule has 0 bridgehead atoms. The fourth-order valence-electron chi connectivity index (χ4n) is 1.31. The molecule has 1 amide bonds. The molecule has 0 atom stereocenters. The molecule has 0 aliphatic heterocycles. The van der Waals surface area contributed by atoms with E-state index in [0.29, 0.717) is 6.54 Å². The maximum absolute atomic E-state index is 11.8. The quantitative estimate of drug-likeness (QED) is 0.576. The second-order valence-electron chi connectivity index (χ2n) is 5.82. The number of esters is 1. The Morgan fingerprint density at radius 1 is 1.15 bits per heavy atom. The van der Waals surface area contributed by atoms with Crippen molar-refractivity contribution in [2.24, 2.45) is 5.92 Å². The SMILES string of the molecule is CC(C)OC(=O)CC(=O)SC(C)(C)CNC(=O)C(C)C. The van der Waals surface area contributed by atoms with Crippen LogP contribution in [0.25, 0.3) is 0 Å². The molecule has 1 N–H and O–H groups in total. The van der Waals surface area contributed by atoms with Crippen LogP contribution in [0.1, 0.15) is 48.0 Å². The summed E-state index contributed by atoms with van der Waals surface area (Å²) in [4.78, 5) is 34.7. The number of rotatable bonds is 7. The van der Waals surface area contributed by atoms with E-state index in [4.69, 9.17) is 4.74 Å². The molecule has 0 spiro atoms. The Kier molecular flexibility index (Phi) is 7.86. The smallest absolute Gasteiger partial charge is 0.314 e. The standard InChI is InChI=1S/C14H25NO4S/c1-9(2)13(18)15-8-14(5,6)20-12(17)7-11(16)19-10(3)4/h9-10H,7-8H2,1-6H3,(H,15,18). The molecular formula is C14H25NO4S. The number of carbonyl (C=O) groups excluding carboxylic acids is 3. The fraction of sp³-hybridized carbons (Fsp3) is 0.786. The van der Waals surface area contributed by atoms with Crippen LogP contribution in [-0.4, -0.2) is 34.4 Å². The van der Waals surface area contributed by atoms with E-state index < -0.39 is 10.7 Å². The molecule has 0 aromatic heterocycles. The van der Waals surface area contributed by atoms with E-state index in [1.807, 2.05) is 27.7 Å². The zero-order valence-corrected chi connectivity index (χ0v) is 13.9. The average Bonchev–Trinajstić information content (AvgIpc) is 2.23. The normalized spacial score (nSPS) is 11.6. The van der Waals surface area contributed by atoms with Crippen molar-refractivity contribution < 1.29 is 19.1 Å². The van der Waals surface area contributed by atoms with Crippen LogP contribution in [0.15, 0.2) is 0 Å². The molecule has 0 radical (unpaired) electrons. The monoisotopic (exact) mass is 303 g/mol. The molecule has 0 aromatic carbocycles. The minimum absolute atomic E-state index is 0.0506. The molecule has 0 saturated carbocycles. The van der Waals surface area contributed by atoms with Crippen molar-refractivity contribution in [3.8, 4) is 0 Å². The third-order valence-corrected chi connectivity index (χ3v) is 3.33. The molecule has 5 nitrogen and oxygen atoms in total. The van der Waals surface area contributed by atoms with Gasteiger partial charge in [-0.05, 0) is 27.7 Å². The van der Waals surface area contributed by atoms with Crippen molar-refractivity contribution in [2.75, 3.05) is 6.54 Å². The first-order chi connectivity index (χ1) is 9.03. The molecule has 0 unspecified atom stereocenters. The topological polar surface area (TPSA) is 72.5 Å². The Bertz CT molecular complexity index is 364. The molecule has 6 heteroatoms. The Morgan fingerprint density at radius 3 is 2.15 bits per heavy atom. The minimum atomic E-state index is -0.514. The van der Waals surface area contributed by atoms with Gasteiger partial charge >= 0.3 is 5.97 Å². The van der Waals surface area contributed by atoms with Gasteiger partial charge < -0.3 is 10.1 Å². The maximum atomic E-state index is 11.8.